The van der Waals surface area contributed by atoms with Gasteiger partial charge in [0.05, 0.1) is 17.4 Å². The zero-order valence-electron chi connectivity index (χ0n) is 13.6. The lowest BCUT2D eigenvalue weighted by Gasteiger charge is -2.19. The molecule has 2 aliphatic heterocycles. The molecule has 2 aromatic rings. The van der Waals surface area contributed by atoms with Gasteiger partial charge in [-0.1, -0.05) is 35.5 Å². The van der Waals surface area contributed by atoms with Crippen LogP contribution in [0.25, 0.3) is 0 Å². The third-order valence-electron chi connectivity index (χ3n) is 5.15. The quantitative estimate of drug-likeness (QED) is 0.816. The molecule has 2 saturated heterocycles. The molecule has 3 heterocycles. The molecule has 0 bridgehead atoms. The van der Waals surface area contributed by atoms with E-state index in [4.69, 9.17) is 4.52 Å². The number of hydrogen-bond donors (Lipinski definition) is 0. The molecule has 1 amide bonds. The second-order valence-electron chi connectivity index (χ2n) is 6.76. The Hall–Kier alpha value is -2.22. The average molecular weight is 361 g/mol. The first-order chi connectivity index (χ1) is 12.0. The number of carbonyl (C=O) groups is 1. The fourth-order valence-corrected chi connectivity index (χ4v) is 5.61. The Balaban J connectivity index is 1.58. The first-order valence-electron chi connectivity index (χ1n) is 8.34. The molecule has 132 valence electrons. The van der Waals surface area contributed by atoms with Crippen LogP contribution in [0.4, 0.5) is 0 Å². The fourth-order valence-electron chi connectivity index (χ4n) is 3.87. The molecule has 0 spiro atoms. The summed E-state index contributed by atoms with van der Waals surface area (Å²) in [5, 5.41) is 3.97. The van der Waals surface area contributed by atoms with Gasteiger partial charge in [-0.2, -0.15) is 4.98 Å². The Morgan fingerprint density at radius 1 is 1.16 bits per heavy atom. The van der Waals surface area contributed by atoms with Gasteiger partial charge in [-0.25, -0.2) is 8.42 Å². The van der Waals surface area contributed by atoms with Gasteiger partial charge in [-0.15, -0.1) is 0 Å². The lowest BCUT2D eigenvalue weighted by molar-refractivity contribution is -0.133. The zero-order valence-corrected chi connectivity index (χ0v) is 14.4. The topological polar surface area (TPSA) is 93.4 Å². The second-order valence-corrected chi connectivity index (χ2v) is 8.98. The van der Waals surface area contributed by atoms with Crippen molar-refractivity contribution in [3.63, 3.8) is 0 Å². The molecule has 2 fully saturated rings. The Kier molecular flexibility index (Phi) is 4.07. The Labute approximate surface area is 145 Å². The predicted molar refractivity (Wildman–Crippen MR) is 89.6 cm³/mol. The van der Waals surface area contributed by atoms with Crippen LogP contribution in [-0.2, 0) is 14.6 Å². The minimum absolute atomic E-state index is 0.0365. The predicted octanol–water partition coefficient (Wildman–Crippen LogP) is 1.21. The number of nitrogens with zero attached hydrogens (tertiary/aromatic N) is 3. The summed E-state index contributed by atoms with van der Waals surface area (Å²) in [5.74, 6) is 0.171. The van der Waals surface area contributed by atoms with Crippen LogP contribution in [0.2, 0.25) is 0 Å². The smallest absolute Gasteiger partial charge is 0.226 e. The van der Waals surface area contributed by atoms with E-state index in [1.54, 1.807) is 4.90 Å². The van der Waals surface area contributed by atoms with Crippen LogP contribution in [-0.4, -0.2) is 54.0 Å². The van der Waals surface area contributed by atoms with E-state index in [2.05, 4.69) is 10.1 Å². The molecule has 25 heavy (non-hydrogen) atoms. The molecule has 0 aliphatic carbocycles. The van der Waals surface area contributed by atoms with Crippen LogP contribution in [0.1, 0.15) is 29.6 Å². The standard InChI is InChI=1S/C17H19N3O4S/c21-17(13-6-7-25(22,23)10-13)20-8-14(12-4-2-1-3-5-12)15(9-20)16-18-11-24-19-16/h1-5,11,13-15H,6-10H2/t13-,14+,15-/m1/s1. The molecule has 4 rings (SSSR count). The monoisotopic (exact) mass is 361 g/mol. The zero-order chi connectivity index (χ0) is 17.4. The van der Waals surface area contributed by atoms with Gasteiger partial charge in [0, 0.05) is 24.9 Å². The third-order valence-corrected chi connectivity index (χ3v) is 6.92. The average Bonchev–Trinajstić information content (AvgIpc) is 3.33. The summed E-state index contributed by atoms with van der Waals surface area (Å²) in [7, 11) is -3.08. The van der Waals surface area contributed by atoms with Crippen molar-refractivity contribution in [3.05, 3.63) is 48.1 Å². The Morgan fingerprint density at radius 2 is 1.92 bits per heavy atom. The van der Waals surface area contributed by atoms with Gasteiger partial charge >= 0.3 is 0 Å². The van der Waals surface area contributed by atoms with Crippen molar-refractivity contribution in [1.29, 1.82) is 0 Å². The summed E-state index contributed by atoms with van der Waals surface area (Å²) in [6.45, 7) is 1.02. The van der Waals surface area contributed by atoms with Crippen molar-refractivity contribution in [2.45, 2.75) is 18.3 Å². The van der Waals surface area contributed by atoms with E-state index in [9.17, 15) is 13.2 Å². The molecule has 0 radical (unpaired) electrons. The Morgan fingerprint density at radius 3 is 2.56 bits per heavy atom. The number of sulfone groups is 1. The molecule has 0 saturated carbocycles. The van der Waals surface area contributed by atoms with E-state index in [-0.39, 0.29) is 29.2 Å². The first-order valence-corrected chi connectivity index (χ1v) is 10.2. The van der Waals surface area contributed by atoms with Crippen molar-refractivity contribution < 1.29 is 17.7 Å². The maximum atomic E-state index is 12.8. The van der Waals surface area contributed by atoms with Crippen molar-refractivity contribution in [2.75, 3.05) is 24.6 Å². The highest BCUT2D eigenvalue weighted by Crippen LogP contribution is 2.39. The summed E-state index contributed by atoms with van der Waals surface area (Å²) >= 11 is 0. The molecule has 3 atom stereocenters. The van der Waals surface area contributed by atoms with Crippen LogP contribution in [0, 0.1) is 5.92 Å². The molecule has 0 N–H and O–H groups in total. The molecule has 1 aromatic heterocycles. The van der Waals surface area contributed by atoms with Crippen LogP contribution in [0.5, 0.6) is 0 Å². The minimum Gasteiger partial charge on any atom is -0.343 e. The van der Waals surface area contributed by atoms with E-state index in [0.29, 0.717) is 25.3 Å². The lowest BCUT2D eigenvalue weighted by atomic mass is 9.88. The van der Waals surface area contributed by atoms with Gasteiger partial charge in [-0.05, 0) is 12.0 Å². The minimum atomic E-state index is -3.08. The highest BCUT2D eigenvalue weighted by atomic mass is 32.2. The number of benzene rings is 1. The number of likely N-dealkylation sites (tertiary alicyclic amines) is 1. The lowest BCUT2D eigenvalue weighted by Crippen LogP contribution is -2.35. The van der Waals surface area contributed by atoms with E-state index in [1.807, 2.05) is 30.3 Å². The molecular formula is C17H19N3O4S. The van der Waals surface area contributed by atoms with Crippen molar-refractivity contribution in [1.82, 2.24) is 15.0 Å². The number of amides is 1. The second kappa shape index (κ2) is 6.25. The van der Waals surface area contributed by atoms with Crippen molar-refractivity contribution in [3.8, 4) is 0 Å². The van der Waals surface area contributed by atoms with Crippen molar-refractivity contribution >= 4 is 15.7 Å². The van der Waals surface area contributed by atoms with Crippen LogP contribution in [0.15, 0.2) is 41.2 Å². The highest BCUT2D eigenvalue weighted by molar-refractivity contribution is 7.91. The molecular weight excluding hydrogens is 342 g/mol. The molecule has 8 heteroatoms. The fraction of sp³-hybridized carbons (Fsp3) is 0.471. The van der Waals surface area contributed by atoms with E-state index < -0.39 is 15.8 Å². The molecule has 0 unspecified atom stereocenters. The number of hydrogen-bond acceptors (Lipinski definition) is 6. The summed E-state index contributed by atoms with van der Waals surface area (Å²) in [6, 6.07) is 9.96. The summed E-state index contributed by atoms with van der Waals surface area (Å²) in [4.78, 5) is 18.8. The van der Waals surface area contributed by atoms with Gasteiger partial charge in [0.1, 0.15) is 0 Å². The van der Waals surface area contributed by atoms with Crippen LogP contribution < -0.4 is 0 Å². The normalized spacial score (nSPS) is 28.3. The summed E-state index contributed by atoms with van der Waals surface area (Å²) < 4.78 is 28.3. The summed E-state index contributed by atoms with van der Waals surface area (Å²) in [6.07, 6.45) is 1.71. The van der Waals surface area contributed by atoms with E-state index in [0.717, 1.165) is 5.56 Å². The largest absolute Gasteiger partial charge is 0.343 e. The first kappa shape index (κ1) is 16.3. The van der Waals surface area contributed by atoms with E-state index in [1.165, 1.54) is 6.39 Å². The van der Waals surface area contributed by atoms with Gasteiger partial charge in [-0.3, -0.25) is 4.79 Å². The Bertz CT molecular complexity index is 851. The maximum absolute atomic E-state index is 12.8. The number of rotatable bonds is 3. The van der Waals surface area contributed by atoms with Crippen LogP contribution in [0.3, 0.4) is 0 Å². The number of aromatic nitrogens is 2. The maximum Gasteiger partial charge on any atom is 0.226 e. The number of carbonyl (C=O) groups excluding carboxylic acids is 1. The molecule has 2 aliphatic rings. The highest BCUT2D eigenvalue weighted by Gasteiger charge is 2.43. The molecule has 7 nitrogen and oxygen atoms in total. The summed E-state index contributed by atoms with van der Waals surface area (Å²) in [5.41, 5.74) is 1.12. The van der Waals surface area contributed by atoms with Gasteiger partial charge in [0.15, 0.2) is 15.7 Å². The van der Waals surface area contributed by atoms with E-state index >= 15 is 0 Å². The van der Waals surface area contributed by atoms with Crippen molar-refractivity contribution in [2.24, 2.45) is 5.92 Å². The third kappa shape index (κ3) is 3.18. The van der Waals surface area contributed by atoms with Gasteiger partial charge < -0.3 is 9.42 Å². The molecule has 1 aromatic carbocycles. The SMILES string of the molecule is O=C([C@@H]1CCS(=O)(=O)C1)N1C[C@@H](c2ccccc2)[C@H](c2ncon2)C1. The van der Waals surface area contributed by atoms with Gasteiger partial charge in [0.25, 0.3) is 0 Å². The van der Waals surface area contributed by atoms with Crippen LogP contribution >= 0.6 is 0 Å². The van der Waals surface area contributed by atoms with Gasteiger partial charge in [0.2, 0.25) is 12.3 Å².